The fourth-order valence-corrected chi connectivity index (χ4v) is 5.32. The van der Waals surface area contributed by atoms with Gasteiger partial charge in [-0.1, -0.05) is 67.1 Å². The van der Waals surface area contributed by atoms with Gasteiger partial charge in [0, 0.05) is 5.56 Å². The number of aryl methyl sites for hydroxylation is 1. The summed E-state index contributed by atoms with van der Waals surface area (Å²) >= 11 is 0. The highest BCUT2D eigenvalue weighted by Gasteiger charge is 2.79. The van der Waals surface area contributed by atoms with Crippen LogP contribution in [-0.4, -0.2) is 5.90 Å². The summed E-state index contributed by atoms with van der Waals surface area (Å²) in [6.07, 6.45) is -1.20. The van der Waals surface area contributed by atoms with Crippen molar-refractivity contribution in [3.8, 4) is 29.7 Å². The number of ether oxygens (including phenoxy) is 3. The quantitative estimate of drug-likeness (QED) is 0.502. The summed E-state index contributed by atoms with van der Waals surface area (Å²) in [4.78, 5) is 0. The number of nitrogens with zero attached hydrogens (tertiary/aromatic N) is 3. The van der Waals surface area contributed by atoms with Gasteiger partial charge in [0.25, 0.3) is 0 Å². The summed E-state index contributed by atoms with van der Waals surface area (Å²) in [5, 5.41) is 40.1. The van der Waals surface area contributed by atoms with Crippen molar-refractivity contribution >= 4 is 5.90 Å². The molecule has 5 rings (SSSR count). The maximum absolute atomic E-state index is 10.5. The predicted molar refractivity (Wildman–Crippen MR) is 129 cm³/mol. The Kier molecular flexibility index (Phi) is 5.29. The molecule has 3 aromatic rings. The minimum Gasteiger partial charge on any atom is -0.457 e. The first-order chi connectivity index (χ1) is 17.4. The molecule has 0 saturated carbocycles. The van der Waals surface area contributed by atoms with Crippen molar-refractivity contribution in [1.82, 2.24) is 0 Å². The maximum atomic E-state index is 10.5. The van der Waals surface area contributed by atoms with E-state index in [2.05, 4.69) is 18.2 Å². The molecule has 176 valence electrons. The summed E-state index contributed by atoms with van der Waals surface area (Å²) in [6.45, 7) is 3.64. The van der Waals surface area contributed by atoms with Crippen LogP contribution in [0.1, 0.15) is 29.7 Å². The first-order valence-corrected chi connectivity index (χ1v) is 11.5. The van der Waals surface area contributed by atoms with Gasteiger partial charge in [0.05, 0.1) is 24.1 Å². The average Bonchev–Trinajstić information content (AvgIpc) is 3.06. The minimum atomic E-state index is -2.05. The Bertz CT molecular complexity index is 1450. The molecule has 2 heterocycles. The summed E-state index contributed by atoms with van der Waals surface area (Å²) in [6, 6.07) is 29.8. The van der Waals surface area contributed by atoms with Crippen LogP contribution >= 0.6 is 0 Å². The molecule has 2 fully saturated rings. The zero-order chi connectivity index (χ0) is 25.6. The lowest BCUT2D eigenvalue weighted by atomic mass is 9.53. The third-order valence-corrected chi connectivity index (χ3v) is 7.26. The smallest absolute Gasteiger partial charge is 0.244 e. The maximum Gasteiger partial charge on any atom is 0.244 e. The summed E-state index contributed by atoms with van der Waals surface area (Å²) < 4.78 is 18.6. The molecule has 2 aliphatic heterocycles. The van der Waals surface area contributed by atoms with Crippen LogP contribution in [-0.2, 0) is 15.3 Å². The van der Waals surface area contributed by atoms with Crippen LogP contribution in [0.5, 0.6) is 11.5 Å². The molecule has 0 aromatic heterocycles. The molecule has 36 heavy (non-hydrogen) atoms. The number of nitriles is 3. The third kappa shape index (κ3) is 2.96. The van der Waals surface area contributed by atoms with Gasteiger partial charge in [-0.05, 0) is 36.8 Å². The van der Waals surface area contributed by atoms with E-state index in [1.165, 1.54) is 0 Å². The Labute approximate surface area is 209 Å². The van der Waals surface area contributed by atoms with Crippen LogP contribution in [0.4, 0.5) is 0 Å². The molecule has 3 aromatic carbocycles. The Morgan fingerprint density at radius 3 is 2.17 bits per heavy atom. The van der Waals surface area contributed by atoms with Gasteiger partial charge in [-0.3, -0.25) is 5.41 Å². The molecule has 1 N–H and O–H groups in total. The zero-order valence-electron chi connectivity index (χ0n) is 19.7. The number of benzene rings is 3. The second kappa shape index (κ2) is 8.24. The number of nitrogens with one attached hydrogen (secondary N) is 1. The van der Waals surface area contributed by atoms with Crippen molar-refractivity contribution in [2.75, 3.05) is 0 Å². The lowest BCUT2D eigenvalue weighted by Crippen LogP contribution is -2.57. The molecular formula is C29H22N4O3. The van der Waals surface area contributed by atoms with E-state index in [9.17, 15) is 15.8 Å². The Morgan fingerprint density at radius 1 is 0.861 bits per heavy atom. The molecule has 0 spiro atoms. The second-order valence-corrected chi connectivity index (χ2v) is 9.12. The zero-order valence-corrected chi connectivity index (χ0v) is 19.7. The van der Waals surface area contributed by atoms with Crippen molar-refractivity contribution in [2.24, 2.45) is 16.7 Å². The molecule has 7 nitrogen and oxygen atoms in total. The van der Waals surface area contributed by atoms with Gasteiger partial charge in [0.2, 0.25) is 17.1 Å². The fourth-order valence-electron chi connectivity index (χ4n) is 5.32. The number of hydrogen-bond acceptors (Lipinski definition) is 7. The summed E-state index contributed by atoms with van der Waals surface area (Å²) in [5.41, 5.74) is -1.82. The van der Waals surface area contributed by atoms with Crippen molar-refractivity contribution in [1.29, 1.82) is 21.2 Å². The minimum absolute atomic E-state index is 0.444. The monoisotopic (exact) mass is 474 g/mol. The Balaban J connectivity index is 1.70. The van der Waals surface area contributed by atoms with Crippen molar-refractivity contribution in [3.63, 3.8) is 0 Å². The van der Waals surface area contributed by atoms with Gasteiger partial charge in [0.1, 0.15) is 17.6 Å². The number of hydrogen-bond donors (Lipinski definition) is 1. The van der Waals surface area contributed by atoms with E-state index < -0.39 is 34.5 Å². The van der Waals surface area contributed by atoms with E-state index in [0.29, 0.717) is 22.6 Å². The average molecular weight is 475 g/mol. The normalized spacial score (nSPS) is 27.7. The van der Waals surface area contributed by atoms with Crippen LogP contribution in [0, 0.1) is 63.1 Å². The van der Waals surface area contributed by atoms with Crippen molar-refractivity contribution < 1.29 is 14.2 Å². The van der Waals surface area contributed by atoms with Crippen molar-refractivity contribution in [2.45, 2.75) is 25.7 Å². The largest absolute Gasteiger partial charge is 0.457 e. The predicted octanol–water partition coefficient (Wildman–Crippen LogP) is 5.90. The van der Waals surface area contributed by atoms with Crippen LogP contribution in [0.15, 0.2) is 78.9 Å². The molecule has 0 radical (unpaired) electrons. The van der Waals surface area contributed by atoms with E-state index in [4.69, 9.17) is 19.6 Å². The molecule has 7 heteroatoms. The fraction of sp³-hybridized carbons (Fsp3) is 0.241. The molecular weight excluding hydrogens is 452 g/mol. The van der Waals surface area contributed by atoms with Gasteiger partial charge < -0.3 is 14.2 Å². The van der Waals surface area contributed by atoms with Gasteiger partial charge >= 0.3 is 0 Å². The molecule has 2 aliphatic rings. The van der Waals surface area contributed by atoms with Crippen molar-refractivity contribution in [3.05, 3.63) is 95.6 Å². The molecule has 2 saturated heterocycles. The summed E-state index contributed by atoms with van der Waals surface area (Å²) in [5.74, 6) is -1.69. The topological polar surface area (TPSA) is 123 Å². The third-order valence-electron chi connectivity index (χ3n) is 7.26. The highest BCUT2D eigenvalue weighted by Crippen LogP contribution is 2.69. The molecule has 4 atom stereocenters. The number of fused-ring (bicyclic) bond motifs is 2. The number of para-hydroxylation sites is 1. The highest BCUT2D eigenvalue weighted by atomic mass is 16.7. The van der Waals surface area contributed by atoms with Crippen LogP contribution in [0.2, 0.25) is 0 Å². The van der Waals surface area contributed by atoms with Gasteiger partial charge in [0.15, 0.2) is 5.41 Å². The Hall–Kier alpha value is -4.64. The Morgan fingerprint density at radius 2 is 1.53 bits per heavy atom. The van der Waals surface area contributed by atoms with Gasteiger partial charge in [-0.25, -0.2) is 0 Å². The van der Waals surface area contributed by atoms with E-state index in [0.717, 1.165) is 5.56 Å². The van der Waals surface area contributed by atoms with Gasteiger partial charge in [-0.15, -0.1) is 0 Å². The standard InChI is InChI=1S/C29H22N4O3/c1-19-11-13-22(14-12-19)29-20(2)28(18-32,26(33)36-29)27(16-30,17-31)25(35-29)21-7-6-10-24(15-21)34-23-8-4-3-5-9-23/h3-15,20,25,33H,1-2H3. The van der Waals surface area contributed by atoms with Crippen LogP contribution in [0.3, 0.4) is 0 Å². The van der Waals surface area contributed by atoms with E-state index in [-0.39, 0.29) is 0 Å². The molecule has 2 bridgehead atoms. The molecule has 0 aliphatic carbocycles. The lowest BCUT2D eigenvalue weighted by molar-refractivity contribution is -0.288. The van der Waals surface area contributed by atoms with Crippen LogP contribution in [0.25, 0.3) is 0 Å². The SMILES string of the molecule is Cc1ccc(C23OC(=N)C(C#N)(C2C)C(C#N)(C#N)C(c2cccc(Oc4ccccc4)c2)O3)cc1. The molecule has 4 unspecified atom stereocenters. The summed E-state index contributed by atoms with van der Waals surface area (Å²) in [7, 11) is 0. The lowest BCUT2D eigenvalue weighted by Gasteiger charge is -2.48. The second-order valence-electron chi connectivity index (χ2n) is 9.12. The van der Waals surface area contributed by atoms with E-state index >= 15 is 0 Å². The van der Waals surface area contributed by atoms with E-state index in [1.54, 1.807) is 31.2 Å². The first-order valence-electron chi connectivity index (χ1n) is 11.5. The highest BCUT2D eigenvalue weighted by molar-refractivity contribution is 5.89. The van der Waals surface area contributed by atoms with E-state index in [1.807, 2.05) is 61.5 Å². The van der Waals surface area contributed by atoms with Gasteiger partial charge in [-0.2, -0.15) is 15.8 Å². The number of rotatable bonds is 4. The first kappa shape index (κ1) is 23.1. The molecule has 0 amide bonds. The van der Waals surface area contributed by atoms with Crippen LogP contribution < -0.4 is 4.74 Å².